The molecule has 0 atom stereocenters. The van der Waals surface area contributed by atoms with E-state index in [-0.39, 0.29) is 11.7 Å². The quantitative estimate of drug-likeness (QED) is 0.826. The smallest absolute Gasteiger partial charge is 0.225 e. The number of rotatable bonds is 5. The fraction of sp³-hybridized carbons (Fsp3) is 0.450. The Kier molecular flexibility index (Phi) is 5.27. The predicted octanol–water partition coefficient (Wildman–Crippen LogP) is 2.99. The molecule has 2 fully saturated rings. The van der Waals surface area contributed by atoms with Crippen molar-refractivity contribution in [1.29, 1.82) is 0 Å². The van der Waals surface area contributed by atoms with E-state index in [1.54, 1.807) is 6.92 Å². The van der Waals surface area contributed by atoms with Crippen LogP contribution in [0.1, 0.15) is 26.2 Å². The summed E-state index contributed by atoms with van der Waals surface area (Å²) in [6.07, 6.45) is 4.61. The second-order valence-corrected chi connectivity index (χ2v) is 7.33. The van der Waals surface area contributed by atoms with Crippen molar-refractivity contribution in [2.24, 2.45) is 0 Å². The first-order valence-corrected chi connectivity index (χ1v) is 9.75. The molecule has 7 nitrogen and oxygen atoms in total. The topological polar surface area (TPSA) is 73.4 Å². The van der Waals surface area contributed by atoms with Gasteiger partial charge in [0.15, 0.2) is 11.6 Å². The molecule has 1 saturated carbocycles. The highest BCUT2D eigenvalue weighted by atomic mass is 19.1. The van der Waals surface area contributed by atoms with Crippen LogP contribution in [-0.4, -0.2) is 53.0 Å². The fourth-order valence-electron chi connectivity index (χ4n) is 3.43. The number of nitrogens with zero attached hydrogens (tertiary/aromatic N) is 4. The minimum Gasteiger partial charge on any atom is -0.368 e. The molecule has 4 rings (SSSR count). The number of aromatic nitrogens is 2. The van der Waals surface area contributed by atoms with Gasteiger partial charge >= 0.3 is 0 Å². The van der Waals surface area contributed by atoms with Crippen molar-refractivity contribution < 1.29 is 9.18 Å². The number of carbonyl (C=O) groups excluding carboxylic acids is 1. The molecule has 1 aliphatic carbocycles. The molecule has 0 unspecified atom stereocenters. The van der Waals surface area contributed by atoms with Gasteiger partial charge in [-0.1, -0.05) is 0 Å². The normalized spacial score (nSPS) is 17.2. The molecule has 1 aromatic heterocycles. The van der Waals surface area contributed by atoms with Gasteiger partial charge in [0.1, 0.15) is 0 Å². The maximum absolute atomic E-state index is 14.1. The first kappa shape index (κ1) is 18.5. The van der Waals surface area contributed by atoms with Crippen molar-refractivity contribution in [3.8, 4) is 0 Å². The van der Waals surface area contributed by atoms with Crippen LogP contribution in [0.15, 0.2) is 30.5 Å². The fourth-order valence-corrected chi connectivity index (χ4v) is 3.43. The third kappa shape index (κ3) is 4.16. The average Bonchev–Trinajstić information content (AvgIpc) is 2.68. The minimum atomic E-state index is -0.483. The van der Waals surface area contributed by atoms with E-state index in [0.717, 1.165) is 50.4 Å². The van der Waals surface area contributed by atoms with E-state index in [2.05, 4.69) is 25.5 Å². The van der Waals surface area contributed by atoms with Crippen LogP contribution in [-0.2, 0) is 4.79 Å². The largest absolute Gasteiger partial charge is 0.368 e. The summed E-state index contributed by atoms with van der Waals surface area (Å²) in [6.45, 7) is 4.69. The lowest BCUT2D eigenvalue weighted by Gasteiger charge is -2.35. The maximum atomic E-state index is 14.1. The van der Waals surface area contributed by atoms with Crippen LogP contribution < -0.4 is 15.5 Å². The number of hydrogen-bond donors (Lipinski definition) is 2. The zero-order valence-corrected chi connectivity index (χ0v) is 16.0. The molecule has 1 aromatic carbocycles. The number of amides is 1. The van der Waals surface area contributed by atoms with E-state index in [9.17, 15) is 9.18 Å². The second kappa shape index (κ2) is 8.00. The number of hydrogen-bond acceptors (Lipinski definition) is 6. The van der Waals surface area contributed by atoms with Crippen LogP contribution in [0, 0.1) is 5.82 Å². The number of piperazine rings is 1. The van der Waals surface area contributed by atoms with Gasteiger partial charge in [0.2, 0.25) is 11.9 Å². The first-order chi connectivity index (χ1) is 13.6. The standard InChI is InChI=1S/C20H25FN6O/c1-14(28)26-9-11-27(12-10-26)17-7-5-16(6-8-17)23-19-18(21)13-22-20(25-19)24-15-3-2-4-15/h5-8,13,15H,2-4,9-12H2,1H3,(H2,22,23,24,25). The molecule has 2 heterocycles. The summed E-state index contributed by atoms with van der Waals surface area (Å²) >= 11 is 0. The number of benzene rings is 1. The van der Waals surface area contributed by atoms with E-state index in [4.69, 9.17) is 0 Å². The van der Waals surface area contributed by atoms with E-state index in [1.165, 1.54) is 12.6 Å². The molecule has 0 bridgehead atoms. The van der Waals surface area contributed by atoms with E-state index < -0.39 is 5.82 Å². The van der Waals surface area contributed by atoms with Crippen molar-refractivity contribution in [3.63, 3.8) is 0 Å². The van der Waals surface area contributed by atoms with Crippen LogP contribution in [0.2, 0.25) is 0 Å². The first-order valence-electron chi connectivity index (χ1n) is 9.75. The molecule has 1 aliphatic heterocycles. The average molecular weight is 384 g/mol. The Morgan fingerprint density at radius 2 is 1.86 bits per heavy atom. The highest BCUT2D eigenvalue weighted by molar-refractivity contribution is 5.73. The highest BCUT2D eigenvalue weighted by Gasteiger charge is 2.20. The number of carbonyl (C=O) groups is 1. The molecular formula is C20H25FN6O. The lowest BCUT2D eigenvalue weighted by molar-refractivity contribution is -0.129. The predicted molar refractivity (Wildman–Crippen MR) is 107 cm³/mol. The molecular weight excluding hydrogens is 359 g/mol. The van der Waals surface area contributed by atoms with E-state index >= 15 is 0 Å². The van der Waals surface area contributed by atoms with Gasteiger partial charge < -0.3 is 20.4 Å². The van der Waals surface area contributed by atoms with Gasteiger partial charge in [-0.05, 0) is 43.5 Å². The van der Waals surface area contributed by atoms with Crippen LogP contribution in [0.25, 0.3) is 0 Å². The Balaban J connectivity index is 1.39. The third-order valence-electron chi connectivity index (χ3n) is 5.40. The number of halogens is 1. The van der Waals surface area contributed by atoms with Gasteiger partial charge in [0.25, 0.3) is 0 Å². The van der Waals surface area contributed by atoms with Gasteiger partial charge in [-0.25, -0.2) is 9.37 Å². The maximum Gasteiger partial charge on any atom is 0.225 e. The molecule has 1 amide bonds. The lowest BCUT2D eigenvalue weighted by Crippen LogP contribution is -2.48. The lowest BCUT2D eigenvalue weighted by atomic mass is 9.93. The molecule has 2 N–H and O–H groups in total. The summed E-state index contributed by atoms with van der Waals surface area (Å²) in [5.41, 5.74) is 1.85. The zero-order valence-electron chi connectivity index (χ0n) is 16.0. The summed E-state index contributed by atoms with van der Waals surface area (Å²) in [6, 6.07) is 8.21. The highest BCUT2D eigenvalue weighted by Crippen LogP contribution is 2.25. The molecule has 2 aromatic rings. The third-order valence-corrected chi connectivity index (χ3v) is 5.40. The monoisotopic (exact) mass is 384 g/mol. The van der Waals surface area contributed by atoms with Crippen molar-refractivity contribution in [2.75, 3.05) is 41.7 Å². The molecule has 8 heteroatoms. The van der Waals surface area contributed by atoms with E-state index in [0.29, 0.717) is 12.0 Å². The molecule has 28 heavy (non-hydrogen) atoms. The van der Waals surface area contributed by atoms with Crippen molar-refractivity contribution in [3.05, 3.63) is 36.3 Å². The Bertz CT molecular complexity index is 831. The van der Waals surface area contributed by atoms with Gasteiger partial charge in [0, 0.05) is 50.5 Å². The Morgan fingerprint density at radius 1 is 1.14 bits per heavy atom. The Morgan fingerprint density at radius 3 is 2.46 bits per heavy atom. The van der Waals surface area contributed by atoms with Crippen LogP contribution in [0.5, 0.6) is 0 Å². The SMILES string of the molecule is CC(=O)N1CCN(c2ccc(Nc3nc(NC4CCC4)ncc3F)cc2)CC1. The van der Waals surface area contributed by atoms with Crippen LogP contribution in [0.3, 0.4) is 0 Å². The van der Waals surface area contributed by atoms with Crippen molar-refractivity contribution in [1.82, 2.24) is 14.9 Å². The van der Waals surface area contributed by atoms with Gasteiger partial charge in [0.05, 0.1) is 6.20 Å². The molecule has 0 radical (unpaired) electrons. The molecule has 1 saturated heterocycles. The van der Waals surface area contributed by atoms with Gasteiger partial charge in [-0.3, -0.25) is 4.79 Å². The second-order valence-electron chi connectivity index (χ2n) is 7.33. The Hall–Kier alpha value is -2.90. The van der Waals surface area contributed by atoms with Crippen molar-refractivity contribution in [2.45, 2.75) is 32.2 Å². The van der Waals surface area contributed by atoms with Crippen LogP contribution >= 0.6 is 0 Å². The minimum absolute atomic E-state index is 0.122. The van der Waals surface area contributed by atoms with E-state index in [1.807, 2.05) is 29.2 Å². The Labute approximate surface area is 164 Å². The molecule has 148 valence electrons. The number of anilines is 4. The van der Waals surface area contributed by atoms with Gasteiger partial charge in [-0.2, -0.15) is 4.98 Å². The van der Waals surface area contributed by atoms with Gasteiger partial charge in [-0.15, -0.1) is 0 Å². The summed E-state index contributed by atoms with van der Waals surface area (Å²) in [4.78, 5) is 23.8. The summed E-state index contributed by atoms with van der Waals surface area (Å²) in [5.74, 6) is 0.258. The number of nitrogens with one attached hydrogen (secondary N) is 2. The summed E-state index contributed by atoms with van der Waals surface area (Å²) in [5, 5.41) is 6.27. The zero-order chi connectivity index (χ0) is 19.5. The molecule has 2 aliphatic rings. The van der Waals surface area contributed by atoms with Crippen molar-refractivity contribution >= 4 is 29.0 Å². The summed E-state index contributed by atoms with van der Waals surface area (Å²) < 4.78 is 14.1. The van der Waals surface area contributed by atoms with Crippen LogP contribution in [0.4, 0.5) is 27.5 Å². The molecule has 0 spiro atoms. The summed E-state index contributed by atoms with van der Waals surface area (Å²) in [7, 11) is 0.